The molecule has 1 aromatic carbocycles. The molecule has 0 unspecified atom stereocenters. The summed E-state index contributed by atoms with van der Waals surface area (Å²) in [5.74, 6) is 2.74. The van der Waals surface area contributed by atoms with E-state index in [2.05, 4.69) is 10.3 Å². The highest BCUT2D eigenvalue weighted by atomic mass is 16.5. The van der Waals surface area contributed by atoms with Crippen molar-refractivity contribution in [2.75, 3.05) is 0 Å². The Morgan fingerprint density at radius 1 is 1.32 bits per heavy atom. The number of rotatable bonds is 4. The lowest BCUT2D eigenvalue weighted by molar-refractivity contribution is -0.115. The number of nitrogens with one attached hydrogen (secondary N) is 1. The van der Waals surface area contributed by atoms with Crippen molar-refractivity contribution in [1.29, 1.82) is 0 Å². The lowest BCUT2D eigenvalue weighted by Crippen LogP contribution is -2.20. The molecule has 1 heterocycles. The van der Waals surface area contributed by atoms with Crippen LogP contribution in [0, 0.1) is 12.3 Å². The Labute approximate surface area is 111 Å². The van der Waals surface area contributed by atoms with E-state index in [1.54, 1.807) is 12.3 Å². The average Bonchev–Trinajstić information content (AvgIpc) is 2.46. The summed E-state index contributed by atoms with van der Waals surface area (Å²) in [4.78, 5) is 15.0. The zero-order chi connectivity index (χ0) is 13.5. The maximum Gasteiger partial charge on any atom is 0.295 e. The van der Waals surface area contributed by atoms with Crippen LogP contribution in [0.2, 0.25) is 0 Å². The van der Waals surface area contributed by atoms with E-state index in [0.29, 0.717) is 18.2 Å². The first-order valence-electron chi connectivity index (χ1n) is 5.70. The molecule has 19 heavy (non-hydrogen) atoms. The summed E-state index contributed by atoms with van der Waals surface area (Å²) in [6.45, 7) is 0.364. The molecule has 94 valence electrons. The number of carbonyl (C=O) groups is 1. The minimum atomic E-state index is -0.434. The zero-order valence-corrected chi connectivity index (χ0v) is 10.2. The summed E-state index contributed by atoms with van der Waals surface area (Å²) in [5.41, 5.74) is 0.900. The second-order valence-corrected chi connectivity index (χ2v) is 3.74. The Bertz CT molecular complexity index is 603. The number of pyridine rings is 1. The van der Waals surface area contributed by atoms with E-state index in [-0.39, 0.29) is 0 Å². The van der Waals surface area contributed by atoms with Crippen molar-refractivity contribution < 1.29 is 9.53 Å². The van der Waals surface area contributed by atoms with Gasteiger partial charge in [0.15, 0.2) is 0 Å². The van der Waals surface area contributed by atoms with Gasteiger partial charge in [-0.2, -0.15) is 0 Å². The molecule has 2 aromatic rings. The van der Waals surface area contributed by atoms with E-state index in [1.165, 1.54) is 0 Å². The minimum absolute atomic E-state index is 0.364. The molecule has 0 atom stereocenters. The number of terminal acetylenes is 1. The van der Waals surface area contributed by atoms with Crippen molar-refractivity contribution in [1.82, 2.24) is 10.3 Å². The summed E-state index contributed by atoms with van der Waals surface area (Å²) in [5, 5.41) is 2.59. The van der Waals surface area contributed by atoms with Crippen LogP contribution < -0.4 is 10.1 Å². The molecule has 1 N–H and O–H groups in total. The van der Waals surface area contributed by atoms with Gasteiger partial charge < -0.3 is 10.1 Å². The lowest BCUT2D eigenvalue weighted by Gasteiger charge is -2.06. The van der Waals surface area contributed by atoms with Crippen LogP contribution in [0.15, 0.2) is 48.7 Å². The van der Waals surface area contributed by atoms with Gasteiger partial charge in [0, 0.05) is 18.8 Å². The minimum Gasteiger partial charge on any atom is -0.439 e. The molecule has 2 rings (SSSR count). The molecule has 0 aliphatic rings. The fraction of sp³-hybridized carbons (Fsp3) is 0.0667. The van der Waals surface area contributed by atoms with Crippen LogP contribution in [0.4, 0.5) is 0 Å². The number of nitrogens with zero attached hydrogens (tertiary/aromatic N) is 1. The number of aromatic nitrogens is 1. The Balaban J connectivity index is 2.03. The quantitative estimate of drug-likeness (QED) is 0.848. The zero-order valence-electron chi connectivity index (χ0n) is 10.2. The topological polar surface area (TPSA) is 51.2 Å². The van der Waals surface area contributed by atoms with E-state index >= 15 is 0 Å². The molecular weight excluding hydrogens is 240 g/mol. The van der Waals surface area contributed by atoms with Gasteiger partial charge in [-0.05, 0) is 29.7 Å². The normalized spacial score (nSPS) is 9.42. The van der Waals surface area contributed by atoms with Gasteiger partial charge >= 0.3 is 0 Å². The van der Waals surface area contributed by atoms with Crippen LogP contribution in [-0.4, -0.2) is 10.9 Å². The Morgan fingerprint density at radius 3 is 2.95 bits per heavy atom. The SMILES string of the molecule is C#CC(=O)NCc1cccc(Oc2ccccn2)c1. The van der Waals surface area contributed by atoms with Gasteiger partial charge in [-0.25, -0.2) is 4.98 Å². The van der Waals surface area contributed by atoms with Gasteiger partial charge in [0.05, 0.1) is 0 Å². The molecule has 0 saturated carbocycles. The fourth-order valence-corrected chi connectivity index (χ4v) is 1.48. The number of hydrogen-bond acceptors (Lipinski definition) is 3. The third kappa shape index (κ3) is 3.86. The first kappa shape index (κ1) is 12.7. The second-order valence-electron chi connectivity index (χ2n) is 3.74. The van der Waals surface area contributed by atoms with Crippen molar-refractivity contribution in [3.8, 4) is 24.0 Å². The monoisotopic (exact) mass is 252 g/mol. The standard InChI is InChI=1S/C15H12N2O2/c1-2-14(18)17-11-12-6-5-7-13(10-12)19-15-8-3-4-9-16-15/h1,3-10H,11H2,(H,17,18). The van der Waals surface area contributed by atoms with Crippen molar-refractivity contribution in [3.63, 3.8) is 0 Å². The Hall–Kier alpha value is -2.80. The summed E-state index contributed by atoms with van der Waals surface area (Å²) in [7, 11) is 0. The van der Waals surface area contributed by atoms with Gasteiger partial charge in [0.1, 0.15) is 5.75 Å². The second kappa shape index (κ2) is 6.22. The van der Waals surface area contributed by atoms with Gasteiger partial charge in [-0.1, -0.05) is 18.2 Å². The van der Waals surface area contributed by atoms with E-state index in [1.807, 2.05) is 42.3 Å². The summed E-state index contributed by atoms with van der Waals surface area (Å²) >= 11 is 0. The third-order valence-corrected chi connectivity index (χ3v) is 2.34. The highest BCUT2D eigenvalue weighted by molar-refractivity contribution is 5.92. The van der Waals surface area contributed by atoms with Crippen LogP contribution in [-0.2, 0) is 11.3 Å². The summed E-state index contributed by atoms with van der Waals surface area (Å²) < 4.78 is 5.59. The van der Waals surface area contributed by atoms with Gasteiger partial charge in [-0.15, -0.1) is 6.42 Å². The summed E-state index contributed by atoms with van der Waals surface area (Å²) in [6, 6.07) is 12.8. The van der Waals surface area contributed by atoms with E-state index < -0.39 is 5.91 Å². The largest absolute Gasteiger partial charge is 0.439 e. The van der Waals surface area contributed by atoms with E-state index in [9.17, 15) is 4.79 Å². The first-order valence-corrected chi connectivity index (χ1v) is 5.70. The lowest BCUT2D eigenvalue weighted by atomic mass is 10.2. The van der Waals surface area contributed by atoms with Gasteiger partial charge in [0.25, 0.3) is 5.91 Å². The third-order valence-electron chi connectivity index (χ3n) is 2.34. The van der Waals surface area contributed by atoms with Crippen LogP contribution in [0.25, 0.3) is 0 Å². The number of carbonyl (C=O) groups excluding carboxylic acids is 1. The fourth-order valence-electron chi connectivity index (χ4n) is 1.48. The smallest absolute Gasteiger partial charge is 0.295 e. The number of benzene rings is 1. The molecule has 0 spiro atoms. The van der Waals surface area contributed by atoms with E-state index in [0.717, 1.165) is 5.56 Å². The Morgan fingerprint density at radius 2 is 2.21 bits per heavy atom. The van der Waals surface area contributed by atoms with Crippen molar-refractivity contribution in [3.05, 3.63) is 54.2 Å². The van der Waals surface area contributed by atoms with Crippen LogP contribution in [0.1, 0.15) is 5.56 Å². The molecule has 1 amide bonds. The molecule has 0 aliphatic heterocycles. The Kier molecular flexibility index (Phi) is 4.14. The highest BCUT2D eigenvalue weighted by Gasteiger charge is 2.01. The predicted octanol–water partition coefficient (Wildman–Crippen LogP) is 2.12. The van der Waals surface area contributed by atoms with Crippen LogP contribution >= 0.6 is 0 Å². The van der Waals surface area contributed by atoms with Crippen LogP contribution in [0.5, 0.6) is 11.6 Å². The first-order chi connectivity index (χ1) is 9.28. The van der Waals surface area contributed by atoms with Crippen LogP contribution in [0.3, 0.4) is 0 Å². The van der Waals surface area contributed by atoms with Crippen molar-refractivity contribution in [2.45, 2.75) is 6.54 Å². The number of ether oxygens (including phenoxy) is 1. The number of amides is 1. The molecule has 4 nitrogen and oxygen atoms in total. The molecule has 4 heteroatoms. The summed E-state index contributed by atoms with van der Waals surface area (Å²) in [6.07, 6.45) is 6.63. The maximum atomic E-state index is 11.0. The predicted molar refractivity (Wildman–Crippen MR) is 71.4 cm³/mol. The number of hydrogen-bond donors (Lipinski definition) is 1. The molecule has 0 aliphatic carbocycles. The van der Waals surface area contributed by atoms with Crippen molar-refractivity contribution >= 4 is 5.91 Å². The molecular formula is C15H12N2O2. The van der Waals surface area contributed by atoms with Gasteiger partial charge in [-0.3, -0.25) is 4.79 Å². The van der Waals surface area contributed by atoms with E-state index in [4.69, 9.17) is 11.2 Å². The van der Waals surface area contributed by atoms with Gasteiger partial charge in [0.2, 0.25) is 5.88 Å². The molecule has 0 bridgehead atoms. The average molecular weight is 252 g/mol. The molecule has 1 aromatic heterocycles. The molecule has 0 fully saturated rings. The highest BCUT2D eigenvalue weighted by Crippen LogP contribution is 2.19. The molecule has 0 saturated heterocycles. The maximum absolute atomic E-state index is 11.0. The molecule has 0 radical (unpaired) electrons. The van der Waals surface area contributed by atoms with Crippen molar-refractivity contribution in [2.24, 2.45) is 0 Å².